The molecule has 1 N–H and O–H groups in total. The zero-order chi connectivity index (χ0) is 14.9. The van der Waals surface area contributed by atoms with E-state index < -0.39 is 10.0 Å². The molecule has 0 radical (unpaired) electrons. The minimum absolute atomic E-state index is 0.153. The Balaban J connectivity index is 1.78. The molecule has 0 bridgehead atoms. The molecule has 2 heterocycles. The fraction of sp³-hybridized carbons (Fsp3) is 0.0714. The van der Waals surface area contributed by atoms with Gasteiger partial charge in [-0.25, -0.2) is 17.7 Å². The highest BCUT2D eigenvalue weighted by Gasteiger charge is 2.14. The molecule has 7 heteroatoms. The van der Waals surface area contributed by atoms with Gasteiger partial charge in [0.05, 0.1) is 22.7 Å². The average molecular weight is 366 g/mol. The van der Waals surface area contributed by atoms with Crippen molar-refractivity contribution in [2.75, 3.05) is 0 Å². The van der Waals surface area contributed by atoms with Crippen molar-refractivity contribution in [1.29, 1.82) is 0 Å². The zero-order valence-electron chi connectivity index (χ0n) is 10.9. The number of sulfonamides is 1. The lowest BCUT2D eigenvalue weighted by molar-refractivity contribution is 0.580. The van der Waals surface area contributed by atoms with Crippen LogP contribution < -0.4 is 4.72 Å². The number of aromatic nitrogens is 2. The predicted octanol–water partition coefficient (Wildman–Crippen LogP) is 2.58. The number of nitrogens with one attached hydrogen (secondary N) is 1. The van der Waals surface area contributed by atoms with E-state index in [0.717, 1.165) is 9.99 Å². The monoisotopic (exact) mass is 365 g/mol. The third kappa shape index (κ3) is 3.15. The Morgan fingerprint density at radius 1 is 1.14 bits per heavy atom. The summed E-state index contributed by atoms with van der Waals surface area (Å²) in [4.78, 5) is 0.231. The van der Waals surface area contributed by atoms with Crippen LogP contribution >= 0.6 is 15.9 Å². The Hall–Kier alpha value is -1.70. The number of hydrogen-bond donors (Lipinski definition) is 1. The molecular formula is C14H12BrN3O2S. The molecule has 0 fully saturated rings. The van der Waals surface area contributed by atoms with E-state index in [9.17, 15) is 8.42 Å². The molecule has 21 heavy (non-hydrogen) atoms. The minimum Gasteiger partial charge on any atom is -0.241 e. The molecule has 0 aliphatic rings. The lowest BCUT2D eigenvalue weighted by Gasteiger charge is -2.05. The Labute approximate surface area is 130 Å². The zero-order valence-corrected chi connectivity index (χ0v) is 13.3. The van der Waals surface area contributed by atoms with Crippen molar-refractivity contribution in [2.24, 2.45) is 0 Å². The number of rotatable bonds is 4. The van der Waals surface area contributed by atoms with Crippen molar-refractivity contribution < 1.29 is 8.42 Å². The SMILES string of the molecule is O=S(=O)(NCc1cc2ccccn2n1)c1ccc(Br)cc1. The second kappa shape index (κ2) is 5.59. The Morgan fingerprint density at radius 2 is 1.90 bits per heavy atom. The van der Waals surface area contributed by atoms with Crippen molar-refractivity contribution in [1.82, 2.24) is 14.3 Å². The van der Waals surface area contributed by atoms with E-state index >= 15 is 0 Å². The van der Waals surface area contributed by atoms with Gasteiger partial charge in [-0.3, -0.25) is 0 Å². The maximum Gasteiger partial charge on any atom is 0.240 e. The van der Waals surface area contributed by atoms with Crippen LogP contribution in [0.25, 0.3) is 5.52 Å². The Morgan fingerprint density at radius 3 is 2.62 bits per heavy atom. The highest BCUT2D eigenvalue weighted by Crippen LogP contribution is 2.15. The highest BCUT2D eigenvalue weighted by molar-refractivity contribution is 9.10. The molecule has 5 nitrogen and oxygen atoms in total. The summed E-state index contributed by atoms with van der Waals surface area (Å²) in [5.41, 5.74) is 1.59. The van der Waals surface area contributed by atoms with Crippen molar-refractivity contribution in [2.45, 2.75) is 11.4 Å². The van der Waals surface area contributed by atoms with E-state index in [1.165, 1.54) is 0 Å². The third-order valence-corrected chi connectivity index (χ3v) is 4.93. The number of benzene rings is 1. The predicted molar refractivity (Wildman–Crippen MR) is 83.4 cm³/mol. The van der Waals surface area contributed by atoms with Crippen LogP contribution in [0.15, 0.2) is 64.1 Å². The van der Waals surface area contributed by atoms with E-state index in [2.05, 4.69) is 25.8 Å². The first-order valence-electron chi connectivity index (χ1n) is 6.23. The minimum atomic E-state index is -3.53. The van der Waals surface area contributed by atoms with Gasteiger partial charge in [0.1, 0.15) is 0 Å². The van der Waals surface area contributed by atoms with Crippen LogP contribution in [0.1, 0.15) is 5.69 Å². The summed E-state index contributed by atoms with van der Waals surface area (Å²) in [6.07, 6.45) is 1.82. The number of pyridine rings is 1. The molecule has 0 saturated heterocycles. The van der Waals surface area contributed by atoms with Gasteiger partial charge in [0.2, 0.25) is 10.0 Å². The van der Waals surface area contributed by atoms with Crippen LogP contribution in [0.5, 0.6) is 0 Å². The van der Waals surface area contributed by atoms with Gasteiger partial charge >= 0.3 is 0 Å². The van der Waals surface area contributed by atoms with Crippen molar-refractivity contribution in [3.63, 3.8) is 0 Å². The van der Waals surface area contributed by atoms with E-state index in [1.54, 1.807) is 28.8 Å². The van der Waals surface area contributed by atoms with Gasteiger partial charge in [-0.2, -0.15) is 5.10 Å². The van der Waals surface area contributed by atoms with Gasteiger partial charge in [0.15, 0.2) is 0 Å². The molecule has 0 amide bonds. The fourth-order valence-corrected chi connectivity index (χ4v) is 3.21. The smallest absolute Gasteiger partial charge is 0.240 e. The average Bonchev–Trinajstić information content (AvgIpc) is 2.89. The van der Waals surface area contributed by atoms with Crippen molar-refractivity contribution in [3.8, 4) is 0 Å². The second-order valence-electron chi connectivity index (χ2n) is 4.48. The van der Waals surface area contributed by atoms with Crippen LogP contribution in [-0.4, -0.2) is 18.0 Å². The van der Waals surface area contributed by atoms with E-state index in [-0.39, 0.29) is 11.4 Å². The number of hydrogen-bond acceptors (Lipinski definition) is 3. The van der Waals surface area contributed by atoms with Crippen molar-refractivity contribution >= 4 is 31.5 Å². The fourth-order valence-electron chi connectivity index (χ4n) is 1.94. The lowest BCUT2D eigenvalue weighted by Crippen LogP contribution is -2.23. The topological polar surface area (TPSA) is 63.5 Å². The lowest BCUT2D eigenvalue weighted by atomic mass is 10.3. The molecule has 0 unspecified atom stereocenters. The molecule has 0 spiro atoms. The largest absolute Gasteiger partial charge is 0.241 e. The van der Waals surface area contributed by atoms with Gasteiger partial charge in [-0.1, -0.05) is 22.0 Å². The standard InChI is InChI=1S/C14H12BrN3O2S/c15-11-4-6-14(7-5-11)21(19,20)16-10-12-9-13-3-1-2-8-18(13)17-12/h1-9,16H,10H2. The van der Waals surface area contributed by atoms with Gasteiger partial charge in [0, 0.05) is 10.7 Å². The normalized spacial score (nSPS) is 11.9. The molecule has 0 aliphatic heterocycles. The summed E-state index contributed by atoms with van der Waals surface area (Å²) >= 11 is 3.28. The third-order valence-electron chi connectivity index (χ3n) is 2.99. The van der Waals surface area contributed by atoms with Crippen LogP contribution in [0.3, 0.4) is 0 Å². The first kappa shape index (κ1) is 14.2. The summed E-state index contributed by atoms with van der Waals surface area (Å²) in [5.74, 6) is 0. The second-order valence-corrected chi connectivity index (χ2v) is 7.17. The summed E-state index contributed by atoms with van der Waals surface area (Å²) in [7, 11) is -3.53. The number of halogens is 1. The summed E-state index contributed by atoms with van der Waals surface area (Å²) in [6.45, 7) is 0.153. The van der Waals surface area contributed by atoms with Gasteiger partial charge in [-0.05, 0) is 42.5 Å². The maximum absolute atomic E-state index is 12.2. The summed E-state index contributed by atoms with van der Waals surface area (Å²) < 4.78 is 29.4. The summed E-state index contributed by atoms with van der Waals surface area (Å²) in [6, 6.07) is 14.0. The molecule has 3 rings (SSSR count). The van der Waals surface area contributed by atoms with Gasteiger partial charge in [0.25, 0.3) is 0 Å². The molecule has 2 aromatic heterocycles. The number of fused-ring (bicyclic) bond motifs is 1. The van der Waals surface area contributed by atoms with E-state index in [4.69, 9.17) is 0 Å². The van der Waals surface area contributed by atoms with Gasteiger partial charge in [-0.15, -0.1) is 0 Å². The van der Waals surface area contributed by atoms with Crippen molar-refractivity contribution in [3.05, 3.63) is 64.9 Å². The Bertz CT molecular complexity index is 840. The molecule has 0 saturated carbocycles. The Kier molecular flexibility index (Phi) is 3.79. The molecule has 3 aromatic rings. The van der Waals surface area contributed by atoms with Crippen LogP contribution in [0.4, 0.5) is 0 Å². The van der Waals surface area contributed by atoms with E-state index in [1.807, 2.05) is 30.5 Å². The quantitative estimate of drug-likeness (QED) is 0.772. The molecule has 1 aromatic carbocycles. The molecule has 108 valence electrons. The van der Waals surface area contributed by atoms with Gasteiger partial charge < -0.3 is 0 Å². The maximum atomic E-state index is 12.2. The van der Waals surface area contributed by atoms with Crippen LogP contribution in [0, 0.1) is 0 Å². The molecular weight excluding hydrogens is 354 g/mol. The highest BCUT2D eigenvalue weighted by atomic mass is 79.9. The first-order valence-corrected chi connectivity index (χ1v) is 8.51. The van der Waals surface area contributed by atoms with Crippen LogP contribution in [0.2, 0.25) is 0 Å². The van der Waals surface area contributed by atoms with Crippen LogP contribution in [-0.2, 0) is 16.6 Å². The summed E-state index contributed by atoms with van der Waals surface area (Å²) in [5, 5.41) is 4.31. The first-order chi connectivity index (χ1) is 10.0. The molecule has 0 aliphatic carbocycles. The van der Waals surface area contributed by atoms with E-state index in [0.29, 0.717) is 5.69 Å². The number of nitrogens with zero attached hydrogens (tertiary/aromatic N) is 2. The molecule has 0 atom stereocenters.